The second-order valence-electron chi connectivity index (χ2n) is 9.10. The van der Waals surface area contributed by atoms with E-state index in [0.717, 1.165) is 30.3 Å². The maximum atomic E-state index is 13.3. The van der Waals surface area contributed by atoms with Gasteiger partial charge in [-0.1, -0.05) is 19.9 Å². The molecule has 2 bridgehead atoms. The summed E-state index contributed by atoms with van der Waals surface area (Å²) in [6, 6.07) is 9.38. The molecule has 3 aromatic heterocycles. The first-order valence-electron chi connectivity index (χ1n) is 10.8. The van der Waals surface area contributed by atoms with Gasteiger partial charge < -0.3 is 9.47 Å². The van der Waals surface area contributed by atoms with Gasteiger partial charge in [0.25, 0.3) is 11.5 Å². The summed E-state index contributed by atoms with van der Waals surface area (Å²) in [4.78, 5) is 32.5. The summed E-state index contributed by atoms with van der Waals surface area (Å²) in [6.07, 6.45) is 4.77. The maximum Gasteiger partial charge on any atom is 0.272 e. The third-order valence-electron chi connectivity index (χ3n) is 6.65. The normalized spacial score (nSPS) is 23.0. The molecular formula is C23H27N5O2. The Morgan fingerprint density at radius 3 is 2.93 bits per heavy atom. The molecule has 1 amide bonds. The van der Waals surface area contributed by atoms with Crippen LogP contribution in [0.5, 0.6) is 0 Å². The molecule has 1 saturated heterocycles. The molecule has 30 heavy (non-hydrogen) atoms. The first-order chi connectivity index (χ1) is 14.5. The highest BCUT2D eigenvalue weighted by molar-refractivity contribution is 5.94. The third kappa shape index (κ3) is 3.22. The standard InChI is InChI=1S/C23H27N5O2/c1-14(2)6-9-20-17-10-16(19-4-3-5-21(29)28(19)20)12-27(13-17)23(30)18-8-7-15-11-24-26-22(15)25-18/h3-5,7-8,11,14,16-17,20H,6,9-10,12-13H2,1-2H3,(H,24,25,26)/t16-,17+,20+/m1/s1. The van der Waals surface area contributed by atoms with E-state index in [1.165, 1.54) is 0 Å². The van der Waals surface area contributed by atoms with Crippen LogP contribution in [0.4, 0.5) is 0 Å². The summed E-state index contributed by atoms with van der Waals surface area (Å²) in [5.41, 5.74) is 2.23. The number of piperidine rings is 1. The van der Waals surface area contributed by atoms with Gasteiger partial charge in [-0.15, -0.1) is 0 Å². The smallest absolute Gasteiger partial charge is 0.272 e. The average molecular weight is 406 g/mol. The second kappa shape index (κ2) is 7.38. The third-order valence-corrected chi connectivity index (χ3v) is 6.65. The number of rotatable bonds is 4. The SMILES string of the molecule is CC(C)CC[C@H]1[C@H]2C[C@H](CN(C(=O)c3ccc4cn[nH]c4n3)C2)c2cccc(=O)n21. The molecule has 1 N–H and O–H groups in total. The number of nitrogens with one attached hydrogen (secondary N) is 1. The number of hydrogen-bond donors (Lipinski definition) is 1. The van der Waals surface area contributed by atoms with Crippen LogP contribution < -0.4 is 5.56 Å². The highest BCUT2D eigenvalue weighted by atomic mass is 16.2. The van der Waals surface area contributed by atoms with Gasteiger partial charge in [0.15, 0.2) is 5.65 Å². The van der Waals surface area contributed by atoms with E-state index in [1.807, 2.05) is 21.6 Å². The highest BCUT2D eigenvalue weighted by Gasteiger charge is 2.41. The molecule has 5 heterocycles. The van der Waals surface area contributed by atoms with E-state index in [9.17, 15) is 9.59 Å². The lowest BCUT2D eigenvalue weighted by Gasteiger charge is -2.47. The van der Waals surface area contributed by atoms with Crippen molar-refractivity contribution in [2.45, 2.75) is 45.1 Å². The zero-order valence-electron chi connectivity index (χ0n) is 17.4. The summed E-state index contributed by atoms with van der Waals surface area (Å²) in [7, 11) is 0. The van der Waals surface area contributed by atoms with Gasteiger partial charge in [0, 0.05) is 42.2 Å². The maximum absolute atomic E-state index is 13.3. The predicted octanol–water partition coefficient (Wildman–Crippen LogP) is 3.36. The van der Waals surface area contributed by atoms with Crippen LogP contribution >= 0.6 is 0 Å². The predicted molar refractivity (Wildman–Crippen MR) is 114 cm³/mol. The van der Waals surface area contributed by atoms with Crippen LogP contribution in [0.2, 0.25) is 0 Å². The van der Waals surface area contributed by atoms with Gasteiger partial charge in [-0.2, -0.15) is 5.10 Å². The van der Waals surface area contributed by atoms with E-state index < -0.39 is 0 Å². The number of likely N-dealkylation sites (tertiary alicyclic amines) is 1. The summed E-state index contributed by atoms with van der Waals surface area (Å²) in [5.74, 6) is 1.01. The zero-order valence-corrected chi connectivity index (χ0v) is 17.4. The van der Waals surface area contributed by atoms with E-state index in [-0.39, 0.29) is 29.3 Å². The summed E-state index contributed by atoms with van der Waals surface area (Å²) in [5, 5.41) is 7.73. The molecule has 7 nitrogen and oxygen atoms in total. The van der Waals surface area contributed by atoms with Crippen molar-refractivity contribution >= 4 is 16.9 Å². The number of nitrogens with zero attached hydrogens (tertiary/aromatic N) is 4. The van der Waals surface area contributed by atoms with E-state index >= 15 is 0 Å². The van der Waals surface area contributed by atoms with Gasteiger partial charge in [0.1, 0.15) is 5.69 Å². The van der Waals surface area contributed by atoms with Crippen LogP contribution in [-0.4, -0.2) is 43.6 Å². The molecule has 1 fully saturated rings. The van der Waals surface area contributed by atoms with E-state index in [0.29, 0.717) is 30.3 Å². The summed E-state index contributed by atoms with van der Waals surface area (Å²) in [6.45, 7) is 5.72. The van der Waals surface area contributed by atoms with Crippen molar-refractivity contribution in [1.82, 2.24) is 24.6 Å². The first-order valence-corrected chi connectivity index (χ1v) is 10.8. The van der Waals surface area contributed by atoms with Crippen molar-refractivity contribution in [2.24, 2.45) is 11.8 Å². The Morgan fingerprint density at radius 1 is 1.23 bits per heavy atom. The van der Waals surface area contributed by atoms with Crippen molar-refractivity contribution < 1.29 is 4.79 Å². The zero-order chi connectivity index (χ0) is 20.8. The Hall–Kier alpha value is -2.96. The minimum atomic E-state index is -0.0458. The van der Waals surface area contributed by atoms with E-state index in [2.05, 4.69) is 35.1 Å². The number of aromatic amines is 1. The van der Waals surface area contributed by atoms with Crippen molar-refractivity contribution in [3.63, 3.8) is 0 Å². The minimum Gasteiger partial charge on any atom is -0.336 e. The number of fused-ring (bicyclic) bond motifs is 5. The van der Waals surface area contributed by atoms with Gasteiger partial charge in [0.05, 0.1) is 6.20 Å². The topological polar surface area (TPSA) is 83.9 Å². The molecule has 0 aliphatic carbocycles. The van der Waals surface area contributed by atoms with Crippen LogP contribution in [0.3, 0.4) is 0 Å². The number of aromatic nitrogens is 4. The van der Waals surface area contributed by atoms with Crippen molar-refractivity contribution in [1.29, 1.82) is 0 Å². The summed E-state index contributed by atoms with van der Waals surface area (Å²) < 4.78 is 2.03. The number of H-pyrrole nitrogens is 1. The van der Waals surface area contributed by atoms with Crippen molar-refractivity contribution in [3.05, 3.63) is 58.3 Å². The van der Waals surface area contributed by atoms with Gasteiger partial charge in [-0.05, 0) is 49.3 Å². The van der Waals surface area contributed by atoms with Crippen LogP contribution in [-0.2, 0) is 0 Å². The number of pyridine rings is 2. The fourth-order valence-corrected chi connectivity index (χ4v) is 5.19. The minimum absolute atomic E-state index is 0.0458. The molecule has 5 rings (SSSR count). The molecule has 3 atom stereocenters. The summed E-state index contributed by atoms with van der Waals surface area (Å²) >= 11 is 0. The Balaban J connectivity index is 1.47. The molecule has 0 aromatic carbocycles. The van der Waals surface area contributed by atoms with Crippen LogP contribution in [0.25, 0.3) is 11.0 Å². The molecule has 7 heteroatoms. The molecular weight excluding hydrogens is 378 g/mol. The number of amides is 1. The second-order valence-corrected chi connectivity index (χ2v) is 9.10. The fourth-order valence-electron chi connectivity index (χ4n) is 5.19. The van der Waals surface area contributed by atoms with E-state index in [4.69, 9.17) is 0 Å². The van der Waals surface area contributed by atoms with Crippen LogP contribution in [0, 0.1) is 11.8 Å². The fraction of sp³-hybridized carbons (Fsp3) is 0.478. The van der Waals surface area contributed by atoms with Gasteiger partial charge in [-0.3, -0.25) is 14.7 Å². The quantitative estimate of drug-likeness (QED) is 0.721. The van der Waals surface area contributed by atoms with Crippen molar-refractivity contribution in [3.8, 4) is 0 Å². The Morgan fingerprint density at radius 2 is 2.10 bits per heavy atom. The molecule has 3 aromatic rings. The highest BCUT2D eigenvalue weighted by Crippen LogP contribution is 2.43. The largest absolute Gasteiger partial charge is 0.336 e. The van der Waals surface area contributed by atoms with Gasteiger partial charge in [-0.25, -0.2) is 4.98 Å². The van der Waals surface area contributed by atoms with E-state index in [1.54, 1.807) is 18.3 Å². The molecule has 0 unspecified atom stereocenters. The Bertz CT molecular complexity index is 1150. The molecule has 2 aliphatic rings. The molecule has 156 valence electrons. The lowest BCUT2D eigenvalue weighted by molar-refractivity contribution is 0.0508. The molecule has 0 radical (unpaired) electrons. The Labute approximate surface area is 175 Å². The van der Waals surface area contributed by atoms with Gasteiger partial charge in [0.2, 0.25) is 0 Å². The number of carbonyl (C=O) groups is 1. The average Bonchev–Trinajstić information content (AvgIpc) is 3.21. The monoisotopic (exact) mass is 405 g/mol. The molecule has 2 aliphatic heterocycles. The lowest BCUT2D eigenvalue weighted by atomic mass is 9.76. The number of carbonyl (C=O) groups excluding carboxylic acids is 1. The van der Waals surface area contributed by atoms with Crippen molar-refractivity contribution in [2.75, 3.05) is 13.1 Å². The van der Waals surface area contributed by atoms with Crippen LogP contribution in [0.1, 0.15) is 61.3 Å². The lowest BCUT2D eigenvalue weighted by Crippen LogP contribution is -2.51. The number of hydrogen-bond acceptors (Lipinski definition) is 4. The van der Waals surface area contributed by atoms with Gasteiger partial charge >= 0.3 is 0 Å². The first kappa shape index (κ1) is 19.0. The Kier molecular flexibility index (Phi) is 4.68. The van der Waals surface area contributed by atoms with Crippen LogP contribution in [0.15, 0.2) is 41.3 Å². The molecule has 0 spiro atoms. The molecule has 0 saturated carbocycles.